The fraction of sp³-hybridized carbons (Fsp3) is 0.818. The molecule has 1 rings (SSSR count). The summed E-state index contributed by atoms with van der Waals surface area (Å²) >= 11 is 0. The van der Waals surface area contributed by atoms with Crippen LogP contribution in [0.15, 0.2) is 12.2 Å². The molecule has 0 fully saturated rings. The summed E-state index contributed by atoms with van der Waals surface area (Å²) in [5.41, 5.74) is -0.448. The zero-order chi connectivity index (χ0) is 9.19. The molecule has 0 aliphatic heterocycles. The van der Waals surface area contributed by atoms with Crippen LogP contribution in [-0.4, -0.2) is 10.7 Å². The van der Waals surface area contributed by atoms with Crippen molar-refractivity contribution in [3.05, 3.63) is 12.2 Å². The van der Waals surface area contributed by atoms with E-state index >= 15 is 0 Å². The first-order chi connectivity index (χ1) is 5.61. The van der Waals surface area contributed by atoms with Crippen molar-refractivity contribution in [2.45, 2.75) is 45.6 Å². The zero-order valence-electron chi connectivity index (χ0n) is 8.38. The quantitative estimate of drug-likeness (QED) is 0.642. The Morgan fingerprint density at radius 3 is 2.75 bits per heavy atom. The number of rotatable bonds is 3. The molecule has 3 unspecified atom stereocenters. The summed E-state index contributed by atoms with van der Waals surface area (Å²) in [6, 6.07) is 0. The normalized spacial score (nSPS) is 37.2. The lowest BCUT2D eigenvalue weighted by atomic mass is 9.78. The predicted octanol–water partition coefficient (Wildman–Crippen LogP) is 2.75. The zero-order valence-corrected chi connectivity index (χ0v) is 8.38. The van der Waals surface area contributed by atoms with Crippen LogP contribution >= 0.6 is 0 Å². The van der Waals surface area contributed by atoms with Crippen LogP contribution in [0.2, 0.25) is 0 Å². The molecule has 0 aromatic heterocycles. The highest BCUT2D eigenvalue weighted by Crippen LogP contribution is 2.37. The van der Waals surface area contributed by atoms with E-state index in [1.807, 2.05) is 0 Å². The van der Waals surface area contributed by atoms with Crippen LogP contribution in [0.5, 0.6) is 0 Å². The summed E-state index contributed by atoms with van der Waals surface area (Å²) in [7, 11) is 0. The summed E-state index contributed by atoms with van der Waals surface area (Å²) in [6.07, 6.45) is 7.37. The lowest BCUT2D eigenvalue weighted by Gasteiger charge is -2.34. The Labute approximate surface area is 75.5 Å². The molecule has 1 nitrogen and oxygen atoms in total. The molecule has 0 amide bonds. The van der Waals surface area contributed by atoms with Gasteiger partial charge in [-0.2, -0.15) is 0 Å². The first kappa shape index (κ1) is 9.79. The molecule has 0 heterocycles. The van der Waals surface area contributed by atoms with Gasteiger partial charge in [-0.3, -0.25) is 0 Å². The number of hydrogen-bond donors (Lipinski definition) is 1. The van der Waals surface area contributed by atoms with Gasteiger partial charge in [0.25, 0.3) is 0 Å². The molecule has 0 bridgehead atoms. The van der Waals surface area contributed by atoms with E-state index in [1.165, 1.54) is 0 Å². The van der Waals surface area contributed by atoms with E-state index in [9.17, 15) is 5.11 Å². The van der Waals surface area contributed by atoms with Crippen molar-refractivity contribution in [1.29, 1.82) is 0 Å². The highest BCUT2D eigenvalue weighted by atomic mass is 16.3. The van der Waals surface area contributed by atoms with Gasteiger partial charge >= 0.3 is 0 Å². The van der Waals surface area contributed by atoms with Gasteiger partial charge in [-0.05, 0) is 18.8 Å². The molecule has 0 saturated carbocycles. The van der Waals surface area contributed by atoms with Crippen LogP contribution in [0.3, 0.4) is 0 Å². The van der Waals surface area contributed by atoms with Crippen LogP contribution in [0.25, 0.3) is 0 Å². The molecule has 1 aliphatic carbocycles. The minimum absolute atomic E-state index is 0.332. The van der Waals surface area contributed by atoms with Crippen LogP contribution in [0.1, 0.15) is 40.0 Å². The van der Waals surface area contributed by atoms with Gasteiger partial charge in [-0.15, -0.1) is 0 Å². The molecule has 3 atom stereocenters. The van der Waals surface area contributed by atoms with E-state index in [1.54, 1.807) is 0 Å². The second-order valence-corrected chi connectivity index (χ2v) is 4.10. The number of hydrogen-bond acceptors (Lipinski definition) is 1. The lowest BCUT2D eigenvalue weighted by Crippen LogP contribution is -2.39. The monoisotopic (exact) mass is 168 g/mol. The maximum atomic E-state index is 10.3. The summed E-state index contributed by atoms with van der Waals surface area (Å²) < 4.78 is 0. The minimum atomic E-state index is -0.448. The highest BCUT2D eigenvalue weighted by Gasteiger charge is 2.39. The molecular weight excluding hydrogens is 148 g/mol. The third-order valence-electron chi connectivity index (χ3n) is 3.23. The van der Waals surface area contributed by atoms with Gasteiger partial charge in [-0.25, -0.2) is 0 Å². The van der Waals surface area contributed by atoms with Crippen molar-refractivity contribution in [2.24, 2.45) is 11.8 Å². The Bertz CT molecular complexity index is 174. The number of aliphatic hydroxyl groups is 1. The Hall–Kier alpha value is -0.300. The van der Waals surface area contributed by atoms with Crippen molar-refractivity contribution in [1.82, 2.24) is 0 Å². The Kier molecular flexibility index (Phi) is 2.94. The van der Waals surface area contributed by atoms with Crippen molar-refractivity contribution >= 4 is 0 Å². The van der Waals surface area contributed by atoms with Gasteiger partial charge < -0.3 is 5.11 Å². The topological polar surface area (TPSA) is 20.2 Å². The maximum Gasteiger partial charge on any atom is 0.0766 e. The fourth-order valence-electron chi connectivity index (χ4n) is 2.15. The van der Waals surface area contributed by atoms with Gasteiger partial charge in [0, 0.05) is 5.92 Å². The molecular formula is C11H20O. The van der Waals surface area contributed by atoms with E-state index < -0.39 is 5.60 Å². The first-order valence-electron chi connectivity index (χ1n) is 5.00. The predicted molar refractivity (Wildman–Crippen MR) is 51.9 cm³/mol. The second-order valence-electron chi connectivity index (χ2n) is 4.10. The lowest BCUT2D eigenvalue weighted by molar-refractivity contribution is -0.0354. The van der Waals surface area contributed by atoms with Gasteiger partial charge in [-0.1, -0.05) is 39.3 Å². The molecule has 1 N–H and O–H groups in total. The van der Waals surface area contributed by atoms with Gasteiger partial charge in [0.15, 0.2) is 0 Å². The molecule has 0 saturated heterocycles. The Morgan fingerprint density at radius 1 is 1.67 bits per heavy atom. The summed E-state index contributed by atoms with van der Waals surface area (Å²) in [4.78, 5) is 0. The summed E-state index contributed by atoms with van der Waals surface area (Å²) in [5, 5.41) is 10.3. The van der Waals surface area contributed by atoms with Crippen LogP contribution in [-0.2, 0) is 0 Å². The average Bonchev–Trinajstić information content (AvgIpc) is 2.34. The standard InChI is InChI=1S/C11H20O/c1-4-6-9(2)11(12)8-5-7-10(11)3/h5,7,9-10,12H,4,6,8H2,1-3H3. The largest absolute Gasteiger partial charge is 0.389 e. The van der Waals surface area contributed by atoms with Crippen LogP contribution in [0, 0.1) is 11.8 Å². The van der Waals surface area contributed by atoms with E-state index in [-0.39, 0.29) is 0 Å². The van der Waals surface area contributed by atoms with E-state index in [0.717, 1.165) is 19.3 Å². The smallest absolute Gasteiger partial charge is 0.0766 e. The highest BCUT2D eigenvalue weighted by molar-refractivity contribution is 5.10. The second kappa shape index (κ2) is 3.61. The molecule has 0 spiro atoms. The minimum Gasteiger partial charge on any atom is -0.389 e. The summed E-state index contributed by atoms with van der Waals surface area (Å²) in [6.45, 7) is 6.44. The van der Waals surface area contributed by atoms with Gasteiger partial charge in [0.1, 0.15) is 0 Å². The molecule has 0 aromatic carbocycles. The van der Waals surface area contributed by atoms with E-state index in [2.05, 4.69) is 32.9 Å². The molecule has 12 heavy (non-hydrogen) atoms. The van der Waals surface area contributed by atoms with Crippen molar-refractivity contribution < 1.29 is 5.11 Å². The Balaban J connectivity index is 2.59. The maximum absolute atomic E-state index is 10.3. The molecule has 1 aliphatic rings. The third-order valence-corrected chi connectivity index (χ3v) is 3.23. The van der Waals surface area contributed by atoms with Crippen molar-refractivity contribution in [3.8, 4) is 0 Å². The SMILES string of the molecule is CCCC(C)C1(O)CC=CC1C. The summed E-state index contributed by atoms with van der Waals surface area (Å²) in [5.74, 6) is 0.756. The Morgan fingerprint density at radius 2 is 2.33 bits per heavy atom. The molecule has 1 heteroatoms. The van der Waals surface area contributed by atoms with Crippen LogP contribution in [0.4, 0.5) is 0 Å². The first-order valence-corrected chi connectivity index (χ1v) is 5.00. The molecule has 0 aromatic rings. The van der Waals surface area contributed by atoms with Gasteiger partial charge in [0.2, 0.25) is 0 Å². The third kappa shape index (κ3) is 1.56. The molecule has 0 radical (unpaired) electrons. The van der Waals surface area contributed by atoms with E-state index in [4.69, 9.17) is 0 Å². The van der Waals surface area contributed by atoms with E-state index in [0.29, 0.717) is 11.8 Å². The van der Waals surface area contributed by atoms with Crippen molar-refractivity contribution in [2.75, 3.05) is 0 Å². The van der Waals surface area contributed by atoms with Crippen LogP contribution < -0.4 is 0 Å². The fourth-order valence-corrected chi connectivity index (χ4v) is 2.15. The van der Waals surface area contributed by atoms with Gasteiger partial charge in [0.05, 0.1) is 5.60 Å². The molecule has 70 valence electrons. The van der Waals surface area contributed by atoms with Crippen molar-refractivity contribution in [3.63, 3.8) is 0 Å². The average molecular weight is 168 g/mol.